The molecule has 0 spiro atoms. The number of likely N-dealkylation sites (N-methyl/N-ethyl adjacent to an activating group) is 1. The third-order valence-corrected chi connectivity index (χ3v) is 4.73. The predicted molar refractivity (Wildman–Crippen MR) is 86.8 cm³/mol. The number of carbonyl (C=O) groups is 1. The summed E-state index contributed by atoms with van der Waals surface area (Å²) in [5.41, 5.74) is 0.918. The average molecular weight is 321 g/mol. The van der Waals surface area contributed by atoms with Crippen LogP contribution in [0.1, 0.15) is 0 Å². The van der Waals surface area contributed by atoms with Crippen molar-refractivity contribution in [1.82, 2.24) is 9.88 Å². The Morgan fingerprint density at radius 2 is 2.32 bits per heavy atom. The van der Waals surface area contributed by atoms with E-state index in [1.165, 1.54) is 0 Å². The topological polar surface area (TPSA) is 54.9 Å². The van der Waals surface area contributed by atoms with E-state index in [1.807, 2.05) is 18.2 Å². The van der Waals surface area contributed by atoms with E-state index >= 15 is 0 Å². The summed E-state index contributed by atoms with van der Waals surface area (Å²) in [7, 11) is 5.14. The number of nitrogens with zero attached hydrogens (tertiary/aromatic N) is 3. The summed E-state index contributed by atoms with van der Waals surface area (Å²) in [6.45, 7) is 1.81. The molecule has 1 unspecified atom stereocenters. The second kappa shape index (κ2) is 6.10. The maximum absolute atomic E-state index is 12.1. The first-order valence-electron chi connectivity index (χ1n) is 7.11. The van der Waals surface area contributed by atoms with Gasteiger partial charge < -0.3 is 19.3 Å². The maximum atomic E-state index is 12.1. The molecule has 1 amide bonds. The van der Waals surface area contributed by atoms with Gasteiger partial charge in [-0.15, -0.1) is 0 Å². The first-order chi connectivity index (χ1) is 10.6. The Hall–Kier alpha value is -1.86. The number of benzene rings is 1. The maximum Gasteiger partial charge on any atom is 0.253 e. The van der Waals surface area contributed by atoms with Crippen LogP contribution < -0.4 is 9.64 Å². The third kappa shape index (κ3) is 2.86. The molecule has 6 nitrogen and oxygen atoms in total. The van der Waals surface area contributed by atoms with Crippen LogP contribution in [0.15, 0.2) is 18.2 Å². The number of hydrogen-bond acceptors (Lipinski definition) is 6. The molecule has 118 valence electrons. The van der Waals surface area contributed by atoms with Crippen LogP contribution in [-0.4, -0.2) is 62.8 Å². The largest absolute Gasteiger partial charge is 0.497 e. The summed E-state index contributed by atoms with van der Waals surface area (Å²) in [6, 6.07) is 5.87. The first kappa shape index (κ1) is 15.1. The Labute approximate surface area is 133 Å². The van der Waals surface area contributed by atoms with Crippen molar-refractivity contribution < 1.29 is 14.3 Å². The van der Waals surface area contributed by atoms with E-state index in [0.717, 1.165) is 27.6 Å². The molecule has 0 radical (unpaired) electrons. The zero-order valence-electron chi connectivity index (χ0n) is 12.9. The van der Waals surface area contributed by atoms with Gasteiger partial charge in [-0.1, -0.05) is 11.3 Å². The first-order valence-corrected chi connectivity index (χ1v) is 7.92. The van der Waals surface area contributed by atoms with Crippen molar-refractivity contribution in [1.29, 1.82) is 0 Å². The molecule has 0 aliphatic carbocycles. The summed E-state index contributed by atoms with van der Waals surface area (Å²) in [5.74, 6) is 0.791. The lowest BCUT2D eigenvalue weighted by atomic mass is 10.2. The van der Waals surface area contributed by atoms with E-state index in [1.54, 1.807) is 37.4 Å². The van der Waals surface area contributed by atoms with E-state index in [2.05, 4.69) is 9.88 Å². The fourth-order valence-corrected chi connectivity index (χ4v) is 3.40. The van der Waals surface area contributed by atoms with Gasteiger partial charge in [0.15, 0.2) is 11.2 Å². The van der Waals surface area contributed by atoms with E-state index in [-0.39, 0.29) is 5.91 Å². The predicted octanol–water partition coefficient (Wildman–Crippen LogP) is 1.60. The summed E-state index contributed by atoms with van der Waals surface area (Å²) in [5, 5.41) is 0.920. The van der Waals surface area contributed by atoms with Crippen molar-refractivity contribution in [2.24, 2.45) is 0 Å². The molecule has 1 fully saturated rings. The van der Waals surface area contributed by atoms with Crippen molar-refractivity contribution >= 4 is 32.6 Å². The van der Waals surface area contributed by atoms with Crippen LogP contribution in [0.4, 0.5) is 5.13 Å². The molecule has 2 aromatic rings. The van der Waals surface area contributed by atoms with E-state index in [4.69, 9.17) is 9.47 Å². The Morgan fingerprint density at radius 3 is 3.05 bits per heavy atom. The van der Waals surface area contributed by atoms with Crippen LogP contribution in [0, 0.1) is 0 Å². The summed E-state index contributed by atoms with van der Waals surface area (Å²) in [4.78, 5) is 20.4. The number of morpholine rings is 1. The molecule has 1 aromatic carbocycles. The molecule has 0 N–H and O–H groups in total. The molecule has 22 heavy (non-hydrogen) atoms. The van der Waals surface area contributed by atoms with Crippen LogP contribution in [0.25, 0.3) is 10.2 Å². The van der Waals surface area contributed by atoms with Crippen molar-refractivity contribution in [2.75, 3.05) is 45.8 Å². The zero-order chi connectivity index (χ0) is 15.7. The number of fused-ring (bicyclic) bond motifs is 1. The molecule has 3 rings (SSSR count). The summed E-state index contributed by atoms with van der Waals surface area (Å²) in [6.07, 6.45) is -0.426. The molecular weight excluding hydrogens is 302 g/mol. The van der Waals surface area contributed by atoms with Gasteiger partial charge in [-0.05, 0) is 12.1 Å². The summed E-state index contributed by atoms with van der Waals surface area (Å²) >= 11 is 1.62. The monoisotopic (exact) mass is 321 g/mol. The molecule has 1 saturated heterocycles. The van der Waals surface area contributed by atoms with Gasteiger partial charge in [-0.3, -0.25) is 4.79 Å². The van der Waals surface area contributed by atoms with Gasteiger partial charge in [0.2, 0.25) is 0 Å². The van der Waals surface area contributed by atoms with E-state index in [9.17, 15) is 4.79 Å². The number of hydrogen-bond donors (Lipinski definition) is 0. The molecule has 1 aliphatic rings. The number of methoxy groups -OCH3 is 1. The zero-order valence-corrected chi connectivity index (χ0v) is 13.7. The van der Waals surface area contributed by atoms with Crippen LogP contribution in [0.3, 0.4) is 0 Å². The Morgan fingerprint density at radius 1 is 1.50 bits per heavy atom. The Bertz CT molecular complexity index is 686. The normalized spacial score (nSPS) is 18.5. The van der Waals surface area contributed by atoms with E-state index in [0.29, 0.717) is 13.2 Å². The van der Waals surface area contributed by atoms with Gasteiger partial charge in [0, 0.05) is 26.7 Å². The third-order valence-electron chi connectivity index (χ3n) is 3.64. The SMILES string of the molecule is COc1ccc2sc(N3CCOC(C(=O)N(C)C)C3)nc2c1. The highest BCUT2D eigenvalue weighted by Gasteiger charge is 2.29. The van der Waals surface area contributed by atoms with Crippen LogP contribution in [0.2, 0.25) is 0 Å². The van der Waals surface area contributed by atoms with Gasteiger partial charge in [0.25, 0.3) is 5.91 Å². The minimum absolute atomic E-state index is 0.00696. The Balaban J connectivity index is 1.82. The number of anilines is 1. The number of amides is 1. The van der Waals surface area contributed by atoms with Crippen LogP contribution in [0.5, 0.6) is 5.75 Å². The number of thiazole rings is 1. The quantitative estimate of drug-likeness (QED) is 0.859. The number of ether oxygens (including phenoxy) is 2. The van der Waals surface area contributed by atoms with Crippen molar-refractivity contribution in [3.8, 4) is 5.75 Å². The average Bonchev–Trinajstić information content (AvgIpc) is 2.97. The molecule has 1 aromatic heterocycles. The highest BCUT2D eigenvalue weighted by molar-refractivity contribution is 7.22. The number of rotatable bonds is 3. The number of carbonyl (C=O) groups excluding carboxylic acids is 1. The standard InChI is InChI=1S/C15H19N3O3S/c1-17(2)14(19)12-9-18(6-7-21-12)15-16-11-8-10(20-3)4-5-13(11)22-15/h4-5,8,12H,6-7,9H2,1-3H3. The van der Waals surface area contributed by atoms with Gasteiger partial charge in [0.05, 0.1) is 30.5 Å². The highest BCUT2D eigenvalue weighted by Crippen LogP contribution is 2.31. The van der Waals surface area contributed by atoms with Gasteiger partial charge in [0.1, 0.15) is 5.75 Å². The van der Waals surface area contributed by atoms with Crippen molar-refractivity contribution in [3.63, 3.8) is 0 Å². The molecule has 7 heteroatoms. The molecular formula is C15H19N3O3S. The van der Waals surface area contributed by atoms with Crippen LogP contribution >= 0.6 is 11.3 Å². The molecule has 0 saturated carbocycles. The smallest absolute Gasteiger partial charge is 0.253 e. The van der Waals surface area contributed by atoms with E-state index < -0.39 is 6.10 Å². The molecule has 1 aliphatic heterocycles. The lowest BCUT2D eigenvalue weighted by Gasteiger charge is -2.33. The highest BCUT2D eigenvalue weighted by atomic mass is 32.1. The second-order valence-corrected chi connectivity index (χ2v) is 6.38. The molecule has 2 heterocycles. The summed E-state index contributed by atoms with van der Waals surface area (Å²) < 4.78 is 11.9. The minimum Gasteiger partial charge on any atom is -0.497 e. The Kier molecular flexibility index (Phi) is 4.17. The van der Waals surface area contributed by atoms with Gasteiger partial charge in [-0.2, -0.15) is 0 Å². The minimum atomic E-state index is -0.426. The van der Waals surface area contributed by atoms with Crippen LogP contribution in [-0.2, 0) is 9.53 Å². The lowest BCUT2D eigenvalue weighted by Crippen LogP contribution is -2.49. The van der Waals surface area contributed by atoms with Gasteiger partial charge in [-0.25, -0.2) is 4.98 Å². The van der Waals surface area contributed by atoms with Gasteiger partial charge >= 0.3 is 0 Å². The van der Waals surface area contributed by atoms with Crippen molar-refractivity contribution in [2.45, 2.75) is 6.10 Å². The fraction of sp³-hybridized carbons (Fsp3) is 0.467. The lowest BCUT2D eigenvalue weighted by molar-refractivity contribution is -0.141. The fourth-order valence-electron chi connectivity index (χ4n) is 2.42. The molecule has 1 atom stereocenters. The second-order valence-electron chi connectivity index (χ2n) is 5.37. The van der Waals surface area contributed by atoms with Crippen molar-refractivity contribution in [3.05, 3.63) is 18.2 Å². The molecule has 0 bridgehead atoms. The number of aromatic nitrogens is 1.